The molecule has 0 saturated heterocycles. The number of nitrogens with zero attached hydrogens (tertiary/aromatic N) is 2. The molecule has 158 valence electrons. The maximum atomic E-state index is 13.2. The summed E-state index contributed by atoms with van der Waals surface area (Å²) in [5.41, 5.74) is 12.8. The van der Waals surface area contributed by atoms with Gasteiger partial charge in [0, 0.05) is 22.7 Å². The smallest absolute Gasteiger partial charge is 0.186 e. The van der Waals surface area contributed by atoms with Crippen LogP contribution in [0.4, 0.5) is 4.39 Å². The fraction of sp³-hybridized carbons (Fsp3) is 0.250. The van der Waals surface area contributed by atoms with Gasteiger partial charge in [0.25, 0.3) is 0 Å². The number of benzene rings is 2. The highest BCUT2D eigenvalue weighted by molar-refractivity contribution is 9.10. The van der Waals surface area contributed by atoms with Crippen molar-refractivity contribution < 1.29 is 17.9 Å². The monoisotopic (exact) mass is 494 g/mol. The van der Waals surface area contributed by atoms with Crippen LogP contribution in [0.5, 0.6) is 5.75 Å². The Kier molecular flexibility index (Phi) is 5.23. The van der Waals surface area contributed by atoms with E-state index >= 15 is 0 Å². The van der Waals surface area contributed by atoms with Gasteiger partial charge in [0.2, 0.25) is 0 Å². The van der Waals surface area contributed by atoms with Gasteiger partial charge in [-0.1, -0.05) is 0 Å². The molecule has 1 aliphatic rings. The van der Waals surface area contributed by atoms with E-state index in [4.69, 9.17) is 11.5 Å². The van der Waals surface area contributed by atoms with Crippen LogP contribution in [0.1, 0.15) is 30.1 Å². The molecule has 0 amide bonds. The standard InChI is InChI=1S/C20H20BrFN4O3S/c21-17-8-18-15(16(19(17)27)9-25-20(23)24)7-13(26(18)12-3-4-12)10-30(28,29)14-5-1-11(22)2-6-14/h1-2,5-8,12,27H,3-4,9-10H2,(H4,23,24,25). The number of fused-ring (bicyclic) bond motifs is 1. The number of halogens is 2. The van der Waals surface area contributed by atoms with Crippen LogP contribution in [0, 0.1) is 5.82 Å². The molecule has 0 unspecified atom stereocenters. The molecule has 1 aromatic heterocycles. The summed E-state index contributed by atoms with van der Waals surface area (Å²) in [6.07, 6.45) is 1.88. The molecule has 1 saturated carbocycles. The van der Waals surface area contributed by atoms with E-state index in [-0.39, 0.29) is 34.9 Å². The highest BCUT2D eigenvalue weighted by atomic mass is 79.9. The van der Waals surface area contributed by atoms with Gasteiger partial charge in [0.15, 0.2) is 15.8 Å². The average molecular weight is 495 g/mol. The number of guanidine groups is 1. The summed E-state index contributed by atoms with van der Waals surface area (Å²) in [4.78, 5) is 4.06. The summed E-state index contributed by atoms with van der Waals surface area (Å²) in [5.74, 6) is -0.841. The second-order valence-corrected chi connectivity index (χ2v) is 10.2. The molecule has 1 heterocycles. The summed E-state index contributed by atoms with van der Waals surface area (Å²) in [7, 11) is -3.69. The van der Waals surface area contributed by atoms with Crippen LogP contribution >= 0.6 is 15.9 Å². The van der Waals surface area contributed by atoms with E-state index in [1.807, 2.05) is 4.57 Å². The molecule has 0 aliphatic heterocycles. The SMILES string of the molecule is NC(N)=NCc1c(O)c(Br)cc2c1cc(CS(=O)(=O)c1ccc(F)cc1)n2C1CC1. The number of sulfone groups is 1. The lowest BCUT2D eigenvalue weighted by Crippen LogP contribution is -2.22. The van der Waals surface area contributed by atoms with Crippen molar-refractivity contribution in [1.82, 2.24) is 4.57 Å². The highest BCUT2D eigenvalue weighted by Gasteiger charge is 2.30. The topological polar surface area (TPSA) is 124 Å². The molecule has 0 bridgehead atoms. The van der Waals surface area contributed by atoms with Crippen molar-refractivity contribution in [3.05, 3.63) is 57.9 Å². The van der Waals surface area contributed by atoms with Crippen LogP contribution < -0.4 is 11.5 Å². The lowest BCUT2D eigenvalue weighted by atomic mass is 10.1. The molecule has 10 heteroatoms. The van der Waals surface area contributed by atoms with E-state index < -0.39 is 15.7 Å². The molecular formula is C20H20BrFN4O3S. The Morgan fingerprint density at radius 2 is 1.90 bits per heavy atom. The van der Waals surface area contributed by atoms with Crippen LogP contribution in [0.3, 0.4) is 0 Å². The summed E-state index contributed by atoms with van der Waals surface area (Å²) in [5, 5.41) is 11.2. The van der Waals surface area contributed by atoms with Gasteiger partial charge < -0.3 is 21.1 Å². The minimum absolute atomic E-state index is 0.00777. The van der Waals surface area contributed by atoms with Crippen molar-refractivity contribution >= 4 is 42.6 Å². The third kappa shape index (κ3) is 3.89. The average Bonchev–Trinajstić information content (AvgIpc) is 3.44. The zero-order valence-corrected chi connectivity index (χ0v) is 18.2. The van der Waals surface area contributed by atoms with E-state index in [1.54, 1.807) is 12.1 Å². The second kappa shape index (κ2) is 7.59. The quantitative estimate of drug-likeness (QED) is 0.275. The Balaban J connectivity index is 1.86. The molecule has 7 nitrogen and oxygen atoms in total. The van der Waals surface area contributed by atoms with Gasteiger partial charge in [-0.25, -0.2) is 17.8 Å². The summed E-state index contributed by atoms with van der Waals surface area (Å²) >= 11 is 3.36. The molecule has 30 heavy (non-hydrogen) atoms. The maximum Gasteiger partial charge on any atom is 0.186 e. The number of hydrogen-bond donors (Lipinski definition) is 3. The number of rotatable bonds is 6. The highest BCUT2D eigenvalue weighted by Crippen LogP contribution is 2.44. The van der Waals surface area contributed by atoms with Crippen molar-refractivity contribution in [3.8, 4) is 5.75 Å². The van der Waals surface area contributed by atoms with Crippen LogP contribution in [0.25, 0.3) is 10.9 Å². The number of phenols is 1. The predicted octanol–water partition coefficient (Wildman–Crippen LogP) is 3.33. The van der Waals surface area contributed by atoms with Gasteiger partial charge in [-0.3, -0.25) is 0 Å². The summed E-state index contributed by atoms with van der Waals surface area (Å²) in [6.45, 7) is 0.0585. The number of phenolic OH excluding ortho intramolecular Hbond substituents is 1. The predicted molar refractivity (Wildman–Crippen MR) is 116 cm³/mol. The first-order valence-electron chi connectivity index (χ1n) is 9.25. The molecular weight excluding hydrogens is 475 g/mol. The molecule has 0 atom stereocenters. The minimum Gasteiger partial charge on any atom is -0.506 e. The van der Waals surface area contributed by atoms with Crippen molar-refractivity contribution in [2.45, 2.75) is 36.1 Å². The largest absolute Gasteiger partial charge is 0.506 e. The minimum atomic E-state index is -3.69. The molecule has 1 fully saturated rings. The number of hydrogen-bond acceptors (Lipinski definition) is 4. The van der Waals surface area contributed by atoms with Gasteiger partial charge in [-0.15, -0.1) is 0 Å². The van der Waals surface area contributed by atoms with Gasteiger partial charge in [-0.05, 0) is 65.2 Å². The first kappa shape index (κ1) is 20.7. The Morgan fingerprint density at radius 1 is 1.23 bits per heavy atom. The van der Waals surface area contributed by atoms with Crippen molar-refractivity contribution in [1.29, 1.82) is 0 Å². The molecule has 4 rings (SSSR count). The third-order valence-electron chi connectivity index (χ3n) is 5.10. The fourth-order valence-corrected chi connectivity index (χ4v) is 5.35. The van der Waals surface area contributed by atoms with E-state index in [0.717, 1.165) is 30.5 Å². The molecule has 3 aromatic rings. The number of aromatic nitrogens is 1. The van der Waals surface area contributed by atoms with Gasteiger partial charge in [-0.2, -0.15) is 0 Å². The molecule has 5 N–H and O–H groups in total. The Labute approximate surface area is 181 Å². The van der Waals surface area contributed by atoms with E-state index in [9.17, 15) is 17.9 Å². The van der Waals surface area contributed by atoms with Gasteiger partial charge in [0.1, 0.15) is 11.6 Å². The van der Waals surface area contributed by atoms with Crippen LogP contribution in [0.15, 0.2) is 50.8 Å². The van der Waals surface area contributed by atoms with Crippen LogP contribution in [-0.2, 0) is 22.1 Å². The molecule has 0 radical (unpaired) electrons. The Bertz CT molecular complexity index is 1260. The van der Waals surface area contributed by atoms with Crippen LogP contribution in [-0.4, -0.2) is 24.1 Å². The van der Waals surface area contributed by atoms with E-state index in [0.29, 0.717) is 21.1 Å². The molecule has 2 aromatic carbocycles. The zero-order chi connectivity index (χ0) is 21.6. The van der Waals surface area contributed by atoms with Crippen molar-refractivity contribution in [2.24, 2.45) is 16.5 Å². The normalized spacial score (nSPS) is 14.2. The van der Waals surface area contributed by atoms with E-state index in [2.05, 4.69) is 20.9 Å². The lowest BCUT2D eigenvalue weighted by molar-refractivity contribution is 0.466. The molecule has 1 aliphatic carbocycles. The second-order valence-electron chi connectivity index (χ2n) is 7.31. The van der Waals surface area contributed by atoms with Gasteiger partial charge >= 0.3 is 0 Å². The summed E-state index contributed by atoms with van der Waals surface area (Å²) < 4.78 is 41.6. The van der Waals surface area contributed by atoms with Crippen molar-refractivity contribution in [3.63, 3.8) is 0 Å². The Morgan fingerprint density at radius 3 is 2.50 bits per heavy atom. The fourth-order valence-electron chi connectivity index (χ4n) is 3.57. The number of aromatic hydroxyl groups is 1. The number of nitrogens with two attached hydrogens (primary N) is 2. The Hall–Kier alpha value is -2.59. The molecule has 0 spiro atoms. The third-order valence-corrected chi connectivity index (χ3v) is 7.37. The van der Waals surface area contributed by atoms with Crippen LogP contribution in [0.2, 0.25) is 0 Å². The van der Waals surface area contributed by atoms with E-state index in [1.165, 1.54) is 12.1 Å². The maximum absolute atomic E-state index is 13.2. The summed E-state index contributed by atoms with van der Waals surface area (Å²) in [6, 6.07) is 8.52. The number of aliphatic imine (C=N–C) groups is 1. The van der Waals surface area contributed by atoms with Crippen molar-refractivity contribution in [2.75, 3.05) is 0 Å². The zero-order valence-electron chi connectivity index (χ0n) is 15.8. The van der Waals surface area contributed by atoms with Gasteiger partial charge in [0.05, 0.1) is 27.2 Å². The first-order valence-corrected chi connectivity index (χ1v) is 11.7. The first-order chi connectivity index (χ1) is 14.2. The lowest BCUT2D eigenvalue weighted by Gasteiger charge is -2.12.